The van der Waals surface area contributed by atoms with Crippen molar-refractivity contribution < 1.29 is 23.5 Å². The first kappa shape index (κ1) is 26.0. The van der Waals surface area contributed by atoms with E-state index in [0.717, 1.165) is 5.76 Å². The fourth-order valence-electron chi connectivity index (χ4n) is 5.05. The third-order valence-electron chi connectivity index (χ3n) is 7.28. The molecule has 2 unspecified atom stereocenters. The number of aryl methyl sites for hydroxylation is 1. The quantitative estimate of drug-likeness (QED) is 0.325. The lowest BCUT2D eigenvalue weighted by Gasteiger charge is -2.44. The molecule has 10 nitrogen and oxygen atoms in total. The van der Waals surface area contributed by atoms with Crippen LogP contribution in [-0.2, 0) is 14.3 Å². The molecule has 3 heterocycles. The molecule has 2 atom stereocenters. The van der Waals surface area contributed by atoms with E-state index in [1.54, 1.807) is 18.2 Å². The second kappa shape index (κ2) is 9.92. The zero-order chi connectivity index (χ0) is 27.2. The van der Waals surface area contributed by atoms with Gasteiger partial charge < -0.3 is 29.4 Å². The Bertz CT molecular complexity index is 1470. The molecule has 3 aromatic rings. The molecule has 0 bridgehead atoms. The van der Waals surface area contributed by atoms with Gasteiger partial charge in [-0.2, -0.15) is 0 Å². The molecule has 2 aromatic carbocycles. The second-order valence-corrected chi connectivity index (χ2v) is 10.4. The van der Waals surface area contributed by atoms with Crippen molar-refractivity contribution in [2.24, 2.45) is 5.41 Å². The van der Waals surface area contributed by atoms with Gasteiger partial charge in [0.15, 0.2) is 0 Å². The number of hydrogen-bond acceptors (Lipinski definition) is 9. The minimum atomic E-state index is -0.699. The van der Waals surface area contributed by atoms with Crippen LogP contribution in [0.4, 0.5) is 17.1 Å². The summed E-state index contributed by atoms with van der Waals surface area (Å²) in [6, 6.07) is 7.35. The molecule has 0 aliphatic carbocycles. The molecule has 38 heavy (non-hydrogen) atoms. The van der Waals surface area contributed by atoms with Crippen LogP contribution in [0.5, 0.6) is 0 Å². The Labute approximate surface area is 223 Å². The number of nitrogens with zero attached hydrogens (tertiary/aromatic N) is 1. The van der Waals surface area contributed by atoms with Crippen molar-refractivity contribution in [1.29, 1.82) is 0 Å². The molecule has 5 rings (SSSR count). The molecular weight excluding hydrogens is 514 g/mol. The number of anilines is 3. The molecule has 2 saturated heterocycles. The summed E-state index contributed by atoms with van der Waals surface area (Å²) < 4.78 is 16.1. The Morgan fingerprint density at radius 2 is 1.89 bits per heavy atom. The Hall–Kier alpha value is -3.63. The van der Waals surface area contributed by atoms with Crippen molar-refractivity contribution >= 4 is 40.5 Å². The molecule has 2 fully saturated rings. The summed E-state index contributed by atoms with van der Waals surface area (Å²) in [4.78, 5) is 52.1. The lowest BCUT2D eigenvalue weighted by atomic mass is 9.79. The van der Waals surface area contributed by atoms with Gasteiger partial charge in [-0.3, -0.25) is 14.4 Å². The maximum atomic E-state index is 13.3. The van der Waals surface area contributed by atoms with Crippen LogP contribution < -0.4 is 21.5 Å². The number of nitrogens with one attached hydrogen (secondary N) is 2. The number of rotatable bonds is 8. The number of benzene rings is 1. The summed E-state index contributed by atoms with van der Waals surface area (Å²) in [6.07, 6.45) is 1.17. The predicted octanol–water partition coefficient (Wildman–Crippen LogP) is 3.55. The minimum Gasteiger partial charge on any atom is -0.467 e. The molecule has 1 amide bonds. The van der Waals surface area contributed by atoms with Crippen LogP contribution in [-0.4, -0.2) is 49.7 Å². The van der Waals surface area contributed by atoms with Gasteiger partial charge in [-0.05, 0) is 44.0 Å². The normalized spacial score (nSPS) is 19.2. The van der Waals surface area contributed by atoms with E-state index in [0.29, 0.717) is 38.4 Å². The van der Waals surface area contributed by atoms with E-state index in [9.17, 15) is 19.2 Å². The minimum absolute atomic E-state index is 0.0484. The highest BCUT2D eigenvalue weighted by Gasteiger charge is 2.45. The molecule has 11 heteroatoms. The van der Waals surface area contributed by atoms with Gasteiger partial charge in [0.1, 0.15) is 28.9 Å². The van der Waals surface area contributed by atoms with Crippen LogP contribution in [0, 0.1) is 12.3 Å². The van der Waals surface area contributed by atoms with Gasteiger partial charge in [0.25, 0.3) is 16.8 Å². The Kier molecular flexibility index (Phi) is 6.79. The van der Waals surface area contributed by atoms with Crippen molar-refractivity contribution in [3.8, 4) is 0 Å². The van der Waals surface area contributed by atoms with Crippen molar-refractivity contribution in [3.05, 3.63) is 72.9 Å². The van der Waals surface area contributed by atoms with Gasteiger partial charge in [-0.1, -0.05) is 24.6 Å². The summed E-state index contributed by atoms with van der Waals surface area (Å²) in [7, 11) is 1.28. The van der Waals surface area contributed by atoms with E-state index in [1.807, 2.05) is 26.0 Å². The van der Waals surface area contributed by atoms with Crippen LogP contribution in [0.15, 0.2) is 44.3 Å². The van der Waals surface area contributed by atoms with Crippen molar-refractivity contribution in [2.75, 3.05) is 37.5 Å². The van der Waals surface area contributed by atoms with Crippen LogP contribution in [0.2, 0.25) is 5.02 Å². The second-order valence-electron chi connectivity index (χ2n) is 10.1. The van der Waals surface area contributed by atoms with Gasteiger partial charge in [-0.25, -0.2) is 4.79 Å². The number of hydrogen-bond donors (Lipinski definition) is 2. The monoisotopic (exact) mass is 541 g/mol. The van der Waals surface area contributed by atoms with Gasteiger partial charge in [0.05, 0.1) is 42.6 Å². The summed E-state index contributed by atoms with van der Waals surface area (Å²) in [5.74, 6) is 0.456. The average Bonchev–Trinajstić information content (AvgIpc) is 3.56. The molecule has 0 saturated carbocycles. The highest BCUT2D eigenvalue weighted by atomic mass is 35.5. The van der Waals surface area contributed by atoms with Crippen molar-refractivity contribution in [2.45, 2.75) is 38.8 Å². The molecule has 0 spiro atoms. The first-order valence-electron chi connectivity index (χ1n) is 12.3. The summed E-state index contributed by atoms with van der Waals surface area (Å²) >= 11 is 6.61. The zero-order valence-electron chi connectivity index (χ0n) is 21.3. The maximum Gasteiger partial charge on any atom is 0.328 e. The molecule has 1 aromatic heterocycles. The number of esters is 1. The number of ether oxygens (including phenoxy) is 2. The molecule has 200 valence electrons. The Morgan fingerprint density at radius 3 is 2.53 bits per heavy atom. The Balaban J connectivity index is 1.42. The first-order chi connectivity index (χ1) is 18.1. The fraction of sp³-hybridized carbons (Fsp3) is 0.407. The van der Waals surface area contributed by atoms with Gasteiger partial charge in [0, 0.05) is 12.0 Å². The largest absolute Gasteiger partial charge is 0.467 e. The van der Waals surface area contributed by atoms with E-state index < -0.39 is 34.8 Å². The predicted molar refractivity (Wildman–Crippen MR) is 141 cm³/mol. The van der Waals surface area contributed by atoms with Crippen molar-refractivity contribution in [3.63, 3.8) is 0 Å². The number of methoxy groups -OCH3 is 1. The van der Waals surface area contributed by atoms with Crippen LogP contribution in [0.1, 0.15) is 47.7 Å². The first-order valence-corrected chi connectivity index (χ1v) is 12.7. The van der Waals surface area contributed by atoms with E-state index in [4.69, 9.17) is 25.5 Å². The number of halogens is 1. The van der Waals surface area contributed by atoms with E-state index in [2.05, 4.69) is 10.6 Å². The Morgan fingerprint density at radius 1 is 1.16 bits per heavy atom. The maximum absolute atomic E-state index is 13.3. The molecule has 2 aliphatic heterocycles. The number of carbonyl (C=O) groups is 2. The molecular formula is C27H28ClN3O7. The van der Waals surface area contributed by atoms with Gasteiger partial charge >= 0.3 is 5.97 Å². The van der Waals surface area contributed by atoms with Crippen LogP contribution in [0.3, 0.4) is 0 Å². The summed E-state index contributed by atoms with van der Waals surface area (Å²) in [6.45, 7) is 5.16. The van der Waals surface area contributed by atoms with Crippen LogP contribution in [0.25, 0.3) is 0 Å². The standard InChI is InChI=1S/C27H28ClN3O7/c1-14-9-10-18(38-14)24(27(2)12-37-13-27)30-21-20(22(32)23(21)33)29-16-7-4-6-15(19(16)28)25(34)31-11-5-8-17(31)26(35)36-3/h4,6-7,9-10,17,24,29-30H,5,8,11-13H2,1-3H3. The number of furan rings is 1. The molecule has 2 N–H and O–H groups in total. The molecule has 2 aliphatic rings. The summed E-state index contributed by atoms with van der Waals surface area (Å²) in [5, 5.41) is 6.23. The summed E-state index contributed by atoms with van der Waals surface area (Å²) in [5.41, 5.74) is -1.10. The average molecular weight is 542 g/mol. The third-order valence-corrected chi connectivity index (χ3v) is 7.69. The van der Waals surface area contributed by atoms with E-state index in [1.165, 1.54) is 12.0 Å². The van der Waals surface area contributed by atoms with Gasteiger partial charge in [-0.15, -0.1) is 0 Å². The van der Waals surface area contributed by atoms with E-state index in [-0.39, 0.29) is 33.1 Å². The van der Waals surface area contributed by atoms with Gasteiger partial charge in [0.2, 0.25) is 0 Å². The van der Waals surface area contributed by atoms with E-state index >= 15 is 0 Å². The third kappa shape index (κ3) is 4.37. The van der Waals surface area contributed by atoms with Crippen LogP contribution >= 0.6 is 11.6 Å². The lowest BCUT2D eigenvalue weighted by molar-refractivity contribution is -0.145. The fourth-order valence-corrected chi connectivity index (χ4v) is 5.31. The smallest absolute Gasteiger partial charge is 0.328 e. The van der Waals surface area contributed by atoms with Crippen molar-refractivity contribution in [1.82, 2.24) is 4.90 Å². The molecule has 0 radical (unpaired) electrons. The highest BCUT2D eigenvalue weighted by Crippen LogP contribution is 2.43. The SMILES string of the molecule is COC(=O)C1CCCN1C(=O)c1cccc(Nc2c(NC(c3ccc(C)o3)C3(C)COC3)c(=O)c2=O)c1Cl. The number of likely N-dealkylation sites (tertiary alicyclic amines) is 1. The number of carbonyl (C=O) groups excluding carboxylic acids is 2. The lowest BCUT2D eigenvalue weighted by Crippen LogP contribution is -2.49. The topological polar surface area (TPSA) is 127 Å². The zero-order valence-corrected chi connectivity index (χ0v) is 22.0. The highest BCUT2D eigenvalue weighted by molar-refractivity contribution is 6.36. The number of amides is 1.